The number of aliphatic hydroxyl groups excluding tert-OH is 1. The molecule has 0 aliphatic carbocycles. The molecule has 0 aliphatic rings. The highest BCUT2D eigenvalue weighted by Gasteiger charge is 2.30. The van der Waals surface area contributed by atoms with Gasteiger partial charge in [-0.05, 0) is 167 Å². The molecule has 0 saturated heterocycles. The average Bonchev–Trinajstić information content (AvgIpc) is 0.902. The van der Waals surface area contributed by atoms with E-state index in [-0.39, 0.29) is 25.7 Å². The van der Waals surface area contributed by atoms with Crippen molar-refractivity contribution in [2.24, 2.45) is 0 Å². The predicted molar refractivity (Wildman–Crippen MR) is 436 cm³/mol. The van der Waals surface area contributed by atoms with Crippen molar-refractivity contribution in [3.63, 3.8) is 0 Å². The van der Waals surface area contributed by atoms with Crippen molar-refractivity contribution in [3.05, 3.63) is 194 Å². The molecule has 5 unspecified atom stereocenters. The summed E-state index contributed by atoms with van der Waals surface area (Å²) in [6, 6.07) is 0. The van der Waals surface area contributed by atoms with Crippen molar-refractivity contribution in [2.75, 3.05) is 39.6 Å². The van der Waals surface area contributed by atoms with Gasteiger partial charge >= 0.3 is 39.5 Å². The molecule has 106 heavy (non-hydrogen) atoms. The van der Waals surface area contributed by atoms with Crippen LogP contribution in [0.1, 0.15) is 272 Å². The van der Waals surface area contributed by atoms with E-state index in [1.54, 1.807) is 0 Å². The van der Waals surface area contributed by atoms with Crippen LogP contribution in [0.2, 0.25) is 0 Å². The molecule has 0 spiro atoms. The number of hydrogen-bond acceptors (Lipinski definition) is 15. The van der Waals surface area contributed by atoms with Crippen molar-refractivity contribution in [1.82, 2.24) is 0 Å². The first-order valence-electron chi connectivity index (χ1n) is 39.7. The number of unbranched alkanes of at least 4 members (excludes halogenated alkanes) is 14. The highest BCUT2D eigenvalue weighted by Crippen LogP contribution is 2.45. The molecule has 3 N–H and O–H groups in total. The summed E-state index contributed by atoms with van der Waals surface area (Å²) >= 11 is 0. The monoisotopic (exact) mass is 1520 g/mol. The lowest BCUT2D eigenvalue weighted by molar-refractivity contribution is -0.161. The van der Waals surface area contributed by atoms with Crippen LogP contribution in [0.15, 0.2) is 194 Å². The molecule has 0 heterocycles. The number of phosphoric ester groups is 2. The van der Waals surface area contributed by atoms with Crippen LogP contribution in [0, 0.1) is 0 Å². The van der Waals surface area contributed by atoms with E-state index in [0.29, 0.717) is 38.5 Å². The summed E-state index contributed by atoms with van der Waals surface area (Å²) in [7, 11) is -10.0. The zero-order chi connectivity index (χ0) is 77.4. The maximum absolute atomic E-state index is 13.1. The third-order valence-electron chi connectivity index (χ3n) is 15.5. The Morgan fingerprint density at radius 2 is 0.519 bits per heavy atom. The Kier molecular flexibility index (Phi) is 72.6. The lowest BCUT2D eigenvalue weighted by Crippen LogP contribution is -2.30. The van der Waals surface area contributed by atoms with Crippen LogP contribution in [-0.4, -0.2) is 96.7 Å². The topological polar surface area (TPSA) is 237 Å². The van der Waals surface area contributed by atoms with Gasteiger partial charge in [0.1, 0.15) is 19.3 Å². The van der Waals surface area contributed by atoms with Gasteiger partial charge in [0.05, 0.1) is 26.4 Å². The summed E-state index contributed by atoms with van der Waals surface area (Å²) in [6.45, 7) is 4.29. The molecule has 598 valence electrons. The second kappa shape index (κ2) is 77.1. The lowest BCUT2D eigenvalue weighted by atomic mass is 10.1. The molecule has 0 fully saturated rings. The van der Waals surface area contributed by atoms with Crippen LogP contribution < -0.4 is 0 Å². The Labute approximate surface area is 640 Å². The average molecular weight is 1520 g/mol. The minimum Gasteiger partial charge on any atom is -0.462 e. The molecule has 0 bridgehead atoms. The highest BCUT2D eigenvalue weighted by molar-refractivity contribution is 7.47. The third kappa shape index (κ3) is 76.1. The first-order chi connectivity index (χ1) is 51.7. The Balaban J connectivity index is 5.54. The van der Waals surface area contributed by atoms with Gasteiger partial charge in [-0.1, -0.05) is 273 Å². The largest absolute Gasteiger partial charge is 0.472 e. The van der Waals surface area contributed by atoms with Gasteiger partial charge < -0.3 is 33.8 Å². The Bertz CT molecular complexity index is 2780. The highest BCUT2D eigenvalue weighted by atomic mass is 31.2. The fourth-order valence-electron chi connectivity index (χ4n) is 9.62. The van der Waals surface area contributed by atoms with Crippen molar-refractivity contribution < 1.29 is 80.2 Å². The zero-order valence-corrected chi connectivity index (χ0v) is 67.1. The molecule has 0 saturated carbocycles. The molecule has 17 nitrogen and oxygen atoms in total. The minimum atomic E-state index is -5.02. The van der Waals surface area contributed by atoms with E-state index in [4.69, 9.17) is 37.0 Å². The van der Waals surface area contributed by atoms with Gasteiger partial charge in [-0.15, -0.1) is 0 Å². The third-order valence-corrected chi connectivity index (χ3v) is 17.4. The maximum atomic E-state index is 13.1. The SMILES string of the molecule is CC/C=C\C/C=C\C/C=C\C/C=C\C/C=C\C/C=C\CCC(=O)OCC(COP(=O)(O)OCC(O)COP(=O)(O)OCC(COC(=O)CCCCCCC/C=C\C/C=C\C/C=C\CC)OC(=O)CCCCCCC/C=C\C/C=C\CCCCC)OC(=O)CCC/C=C\C/C=C\C/C=C\C/C=C\C/C=C\CC. The summed E-state index contributed by atoms with van der Waals surface area (Å²) < 4.78 is 68.4. The van der Waals surface area contributed by atoms with Crippen molar-refractivity contribution >= 4 is 39.5 Å². The number of phosphoric acid groups is 2. The number of esters is 4. The number of carbonyl (C=O) groups is 4. The lowest BCUT2D eigenvalue weighted by Gasteiger charge is -2.21. The van der Waals surface area contributed by atoms with Crippen LogP contribution in [0.4, 0.5) is 0 Å². The standard InChI is InChI=1S/C87H138O17P2/c1-5-9-13-17-21-25-29-33-37-39-40-42-45-48-52-56-60-64-68-72-85(90)98-78-83(104-87(92)74-70-66-62-58-54-50-46-41-38-34-30-26-22-18-14-10-6-2)80-102-106(95,96)100-76-81(88)75-99-105(93,94)101-79-82(103-86(91)73-69-65-61-57-53-49-44-36-32-28-24-20-16-12-8-4)77-97-84(89)71-67-63-59-55-51-47-43-35-31-27-23-19-15-11-7-3/h9-11,13-15,21-28,33-38,40,42-44,46,48,50,52,58,60,62,64,81-83,88H,5-8,12,16-20,29-32,39,41,45,47,49,51,53-57,59,61,63,65-80H2,1-4H3,(H,93,94)(H,95,96)/b13-9-,14-10-,15-11-,25-21-,26-22-,27-23-,28-24-,37-33-,38-34-,42-40-,43-35-,44-36-,50-46-,52-48-,62-58-,64-60-. The van der Waals surface area contributed by atoms with Gasteiger partial charge in [0.2, 0.25) is 0 Å². The Morgan fingerprint density at radius 3 is 0.849 bits per heavy atom. The fourth-order valence-corrected chi connectivity index (χ4v) is 11.2. The number of ether oxygens (including phenoxy) is 4. The Morgan fingerprint density at radius 1 is 0.274 bits per heavy atom. The van der Waals surface area contributed by atoms with Crippen LogP contribution in [0.25, 0.3) is 0 Å². The maximum Gasteiger partial charge on any atom is 0.472 e. The van der Waals surface area contributed by atoms with Gasteiger partial charge in [-0.25, -0.2) is 9.13 Å². The first kappa shape index (κ1) is 99.9. The molecule has 19 heteroatoms. The van der Waals surface area contributed by atoms with Crippen molar-refractivity contribution in [3.8, 4) is 0 Å². The minimum absolute atomic E-state index is 0.00805. The van der Waals surface area contributed by atoms with Crippen LogP contribution in [0.3, 0.4) is 0 Å². The van der Waals surface area contributed by atoms with E-state index in [9.17, 15) is 43.2 Å². The van der Waals surface area contributed by atoms with E-state index in [0.717, 1.165) is 161 Å². The van der Waals surface area contributed by atoms with E-state index < -0.39 is 97.5 Å². The van der Waals surface area contributed by atoms with Gasteiger partial charge in [0.25, 0.3) is 0 Å². The smallest absolute Gasteiger partial charge is 0.462 e. The molecule has 0 rings (SSSR count). The Hall–Kier alpha value is -6.10. The number of allylic oxidation sites excluding steroid dienone is 32. The number of aliphatic hydroxyl groups is 1. The van der Waals surface area contributed by atoms with Gasteiger partial charge in [-0.3, -0.25) is 37.3 Å². The number of rotatable bonds is 72. The normalized spacial score (nSPS) is 14.9. The molecule has 0 aromatic carbocycles. The van der Waals surface area contributed by atoms with Crippen LogP contribution in [-0.2, 0) is 65.4 Å². The van der Waals surface area contributed by atoms with Crippen LogP contribution in [0.5, 0.6) is 0 Å². The van der Waals surface area contributed by atoms with E-state index in [1.807, 2.05) is 30.4 Å². The van der Waals surface area contributed by atoms with Crippen molar-refractivity contribution in [2.45, 2.75) is 290 Å². The molecule has 0 aromatic rings. The summed E-state index contributed by atoms with van der Waals surface area (Å²) in [6.07, 6.45) is 94.3. The molecular weight excluding hydrogens is 1380 g/mol. The summed E-state index contributed by atoms with van der Waals surface area (Å²) in [5.74, 6) is -2.40. The van der Waals surface area contributed by atoms with E-state index in [1.165, 1.54) is 19.3 Å². The predicted octanol–water partition coefficient (Wildman–Crippen LogP) is 23.3. The molecule has 0 radical (unpaired) electrons. The quantitative estimate of drug-likeness (QED) is 0.0169. The van der Waals surface area contributed by atoms with Gasteiger partial charge in [-0.2, -0.15) is 0 Å². The van der Waals surface area contributed by atoms with E-state index >= 15 is 0 Å². The fraction of sp³-hybridized carbons (Fsp3) is 0.586. The molecular formula is C87H138O17P2. The first-order valence-corrected chi connectivity index (χ1v) is 42.7. The number of hydrogen-bond donors (Lipinski definition) is 3. The van der Waals surface area contributed by atoms with E-state index in [2.05, 4.69) is 192 Å². The van der Waals surface area contributed by atoms with Crippen molar-refractivity contribution in [1.29, 1.82) is 0 Å². The molecule has 0 amide bonds. The number of carbonyl (C=O) groups excluding carboxylic acids is 4. The molecule has 0 aliphatic heterocycles. The second-order valence-corrected chi connectivity index (χ2v) is 28.4. The molecule has 5 atom stereocenters. The summed E-state index contributed by atoms with van der Waals surface area (Å²) in [5, 5.41) is 10.6. The second-order valence-electron chi connectivity index (χ2n) is 25.5. The summed E-state index contributed by atoms with van der Waals surface area (Å²) in [4.78, 5) is 73.0. The van der Waals surface area contributed by atoms with Crippen LogP contribution >= 0.6 is 15.6 Å². The van der Waals surface area contributed by atoms with Gasteiger partial charge in [0, 0.05) is 25.7 Å². The summed E-state index contributed by atoms with van der Waals surface area (Å²) in [5.41, 5.74) is 0. The zero-order valence-electron chi connectivity index (χ0n) is 65.3. The van der Waals surface area contributed by atoms with Gasteiger partial charge in [0.15, 0.2) is 12.2 Å². The molecule has 0 aromatic heterocycles.